The van der Waals surface area contributed by atoms with Gasteiger partial charge in [0.15, 0.2) is 0 Å². The summed E-state index contributed by atoms with van der Waals surface area (Å²) in [6, 6.07) is 0.0476. The SMILES string of the molecule is CC(C)(C)OC(=O)NCc1cnn([C@@H]2CCN(C(=O)O)C2)c1. The van der Waals surface area contributed by atoms with Gasteiger partial charge < -0.3 is 20.1 Å². The average molecular weight is 310 g/mol. The molecule has 1 aliphatic heterocycles. The molecule has 0 unspecified atom stereocenters. The van der Waals surface area contributed by atoms with Gasteiger partial charge in [0, 0.05) is 31.4 Å². The van der Waals surface area contributed by atoms with Crippen LogP contribution in [0.2, 0.25) is 0 Å². The molecule has 122 valence electrons. The van der Waals surface area contributed by atoms with Crippen LogP contribution in [0.25, 0.3) is 0 Å². The molecule has 2 amide bonds. The Morgan fingerprint density at radius 3 is 2.82 bits per heavy atom. The molecule has 1 saturated heterocycles. The Morgan fingerprint density at radius 2 is 2.23 bits per heavy atom. The van der Waals surface area contributed by atoms with Crippen molar-refractivity contribution in [2.75, 3.05) is 13.1 Å². The van der Waals surface area contributed by atoms with E-state index in [1.807, 2.05) is 6.20 Å². The third-order valence-electron chi connectivity index (χ3n) is 3.30. The van der Waals surface area contributed by atoms with E-state index in [4.69, 9.17) is 9.84 Å². The first-order valence-electron chi connectivity index (χ1n) is 7.22. The lowest BCUT2D eigenvalue weighted by Gasteiger charge is -2.19. The van der Waals surface area contributed by atoms with Crippen LogP contribution in [0.3, 0.4) is 0 Å². The number of hydrogen-bond donors (Lipinski definition) is 2. The molecule has 0 saturated carbocycles. The fraction of sp³-hybridized carbons (Fsp3) is 0.643. The van der Waals surface area contributed by atoms with Gasteiger partial charge in [0.2, 0.25) is 0 Å². The van der Waals surface area contributed by atoms with Gasteiger partial charge in [-0.2, -0.15) is 5.10 Å². The van der Waals surface area contributed by atoms with E-state index in [0.717, 1.165) is 12.0 Å². The van der Waals surface area contributed by atoms with Gasteiger partial charge in [0.05, 0.1) is 12.2 Å². The van der Waals surface area contributed by atoms with Crippen molar-refractivity contribution < 1.29 is 19.4 Å². The molecule has 1 aromatic rings. The first kappa shape index (κ1) is 16.1. The van der Waals surface area contributed by atoms with E-state index in [1.165, 1.54) is 4.90 Å². The molecule has 22 heavy (non-hydrogen) atoms. The zero-order valence-electron chi connectivity index (χ0n) is 13.1. The number of ether oxygens (including phenoxy) is 1. The number of alkyl carbamates (subject to hydrolysis) is 1. The number of rotatable bonds is 3. The summed E-state index contributed by atoms with van der Waals surface area (Å²) in [7, 11) is 0. The van der Waals surface area contributed by atoms with Gasteiger partial charge in [-0.15, -0.1) is 0 Å². The highest BCUT2D eigenvalue weighted by atomic mass is 16.6. The number of carboxylic acid groups (broad SMARTS) is 1. The fourth-order valence-electron chi connectivity index (χ4n) is 2.29. The number of aromatic nitrogens is 2. The third kappa shape index (κ3) is 4.37. The zero-order chi connectivity index (χ0) is 16.3. The van der Waals surface area contributed by atoms with Gasteiger partial charge in [-0.1, -0.05) is 0 Å². The van der Waals surface area contributed by atoms with Crippen LogP contribution in [0.4, 0.5) is 9.59 Å². The number of nitrogens with zero attached hydrogens (tertiary/aromatic N) is 3. The lowest BCUT2D eigenvalue weighted by atomic mass is 10.2. The van der Waals surface area contributed by atoms with Crippen molar-refractivity contribution in [2.24, 2.45) is 0 Å². The van der Waals surface area contributed by atoms with Gasteiger partial charge in [-0.3, -0.25) is 4.68 Å². The molecule has 0 radical (unpaired) electrons. The number of likely N-dealkylation sites (tertiary alicyclic amines) is 1. The number of nitrogens with one attached hydrogen (secondary N) is 1. The molecule has 0 aromatic carbocycles. The summed E-state index contributed by atoms with van der Waals surface area (Å²) >= 11 is 0. The van der Waals surface area contributed by atoms with E-state index in [9.17, 15) is 9.59 Å². The predicted molar refractivity (Wildman–Crippen MR) is 78.6 cm³/mol. The van der Waals surface area contributed by atoms with Crippen LogP contribution in [0, 0.1) is 0 Å². The Labute approximate surface area is 129 Å². The van der Waals surface area contributed by atoms with E-state index in [1.54, 1.807) is 31.6 Å². The molecule has 1 aliphatic rings. The summed E-state index contributed by atoms with van der Waals surface area (Å²) in [4.78, 5) is 23.9. The van der Waals surface area contributed by atoms with Crippen LogP contribution in [0.1, 0.15) is 38.8 Å². The number of amides is 2. The van der Waals surface area contributed by atoms with Crippen molar-refractivity contribution in [1.29, 1.82) is 0 Å². The van der Waals surface area contributed by atoms with Crippen LogP contribution in [-0.4, -0.2) is 50.7 Å². The van der Waals surface area contributed by atoms with Gasteiger partial charge >= 0.3 is 12.2 Å². The van der Waals surface area contributed by atoms with Crippen LogP contribution < -0.4 is 5.32 Å². The topological polar surface area (TPSA) is 96.7 Å². The average Bonchev–Trinajstić information content (AvgIpc) is 3.03. The largest absolute Gasteiger partial charge is 0.465 e. The van der Waals surface area contributed by atoms with Gasteiger partial charge in [0.25, 0.3) is 0 Å². The lowest BCUT2D eigenvalue weighted by molar-refractivity contribution is 0.0523. The summed E-state index contributed by atoms with van der Waals surface area (Å²) in [6.45, 7) is 6.70. The number of carbonyl (C=O) groups excluding carboxylic acids is 1. The molecule has 0 bridgehead atoms. The highest BCUT2D eigenvalue weighted by Crippen LogP contribution is 2.21. The van der Waals surface area contributed by atoms with E-state index in [2.05, 4.69) is 10.4 Å². The van der Waals surface area contributed by atoms with Gasteiger partial charge in [-0.05, 0) is 27.2 Å². The number of carbonyl (C=O) groups is 2. The second-order valence-corrected chi connectivity index (χ2v) is 6.36. The summed E-state index contributed by atoms with van der Waals surface area (Å²) in [5.74, 6) is 0. The summed E-state index contributed by atoms with van der Waals surface area (Å²) in [6.07, 6.45) is 2.86. The van der Waals surface area contributed by atoms with Crippen LogP contribution >= 0.6 is 0 Å². The fourth-order valence-corrected chi connectivity index (χ4v) is 2.29. The highest BCUT2D eigenvalue weighted by Gasteiger charge is 2.27. The predicted octanol–water partition coefficient (Wildman–Crippen LogP) is 1.83. The minimum atomic E-state index is -0.901. The molecule has 8 heteroatoms. The second kappa shape index (κ2) is 6.25. The van der Waals surface area contributed by atoms with Crippen LogP contribution in [0.5, 0.6) is 0 Å². The van der Waals surface area contributed by atoms with Crippen molar-refractivity contribution in [2.45, 2.75) is 45.4 Å². The van der Waals surface area contributed by atoms with Gasteiger partial charge in [0.1, 0.15) is 5.60 Å². The van der Waals surface area contributed by atoms with Gasteiger partial charge in [-0.25, -0.2) is 9.59 Å². The van der Waals surface area contributed by atoms with E-state index < -0.39 is 17.8 Å². The number of hydrogen-bond acceptors (Lipinski definition) is 4. The van der Waals surface area contributed by atoms with Crippen LogP contribution in [-0.2, 0) is 11.3 Å². The molecule has 1 fully saturated rings. The Kier molecular flexibility index (Phi) is 4.58. The molecule has 2 N–H and O–H groups in total. The molecular formula is C14H22N4O4. The third-order valence-corrected chi connectivity index (χ3v) is 3.30. The summed E-state index contributed by atoms with van der Waals surface area (Å²) < 4.78 is 6.92. The smallest absolute Gasteiger partial charge is 0.407 e. The minimum absolute atomic E-state index is 0.0476. The minimum Gasteiger partial charge on any atom is -0.465 e. The molecule has 1 atom stereocenters. The Bertz CT molecular complexity index is 549. The second-order valence-electron chi connectivity index (χ2n) is 6.36. The van der Waals surface area contributed by atoms with Crippen LogP contribution in [0.15, 0.2) is 12.4 Å². The maximum Gasteiger partial charge on any atom is 0.407 e. The van der Waals surface area contributed by atoms with E-state index in [0.29, 0.717) is 19.6 Å². The molecule has 8 nitrogen and oxygen atoms in total. The quantitative estimate of drug-likeness (QED) is 0.888. The normalized spacial score (nSPS) is 18.3. The Morgan fingerprint density at radius 1 is 1.50 bits per heavy atom. The van der Waals surface area contributed by atoms with E-state index >= 15 is 0 Å². The maximum atomic E-state index is 11.6. The molecular weight excluding hydrogens is 288 g/mol. The molecule has 2 heterocycles. The standard InChI is InChI=1S/C14H22N4O4/c1-14(2,3)22-12(19)15-6-10-7-16-18(8-10)11-4-5-17(9-11)13(20)21/h7-8,11H,4-6,9H2,1-3H3,(H,15,19)(H,20,21)/t11-/m1/s1. The monoisotopic (exact) mass is 310 g/mol. The zero-order valence-corrected chi connectivity index (χ0v) is 13.1. The van der Waals surface area contributed by atoms with Crippen molar-refractivity contribution in [1.82, 2.24) is 20.0 Å². The molecule has 1 aromatic heterocycles. The molecule has 0 aliphatic carbocycles. The van der Waals surface area contributed by atoms with E-state index in [-0.39, 0.29) is 6.04 Å². The summed E-state index contributed by atoms with van der Waals surface area (Å²) in [5, 5.41) is 15.9. The van der Waals surface area contributed by atoms with Crippen molar-refractivity contribution in [3.05, 3.63) is 18.0 Å². The summed E-state index contributed by atoms with van der Waals surface area (Å²) in [5.41, 5.74) is 0.318. The molecule has 2 rings (SSSR count). The lowest BCUT2D eigenvalue weighted by Crippen LogP contribution is -2.32. The Hall–Kier alpha value is -2.25. The van der Waals surface area contributed by atoms with Crippen molar-refractivity contribution >= 4 is 12.2 Å². The maximum absolute atomic E-state index is 11.6. The first-order valence-corrected chi connectivity index (χ1v) is 7.22. The van der Waals surface area contributed by atoms with Crippen molar-refractivity contribution in [3.8, 4) is 0 Å². The molecule has 0 spiro atoms. The Balaban J connectivity index is 1.85. The highest BCUT2D eigenvalue weighted by molar-refractivity contribution is 5.67. The first-order chi connectivity index (χ1) is 10.2. The van der Waals surface area contributed by atoms with Crippen molar-refractivity contribution in [3.63, 3.8) is 0 Å².